The van der Waals surface area contributed by atoms with E-state index in [9.17, 15) is 14.0 Å². The Morgan fingerprint density at radius 3 is 2.24 bits per heavy atom. The summed E-state index contributed by atoms with van der Waals surface area (Å²) in [7, 11) is 0. The van der Waals surface area contributed by atoms with Crippen molar-refractivity contribution >= 4 is 17.5 Å². The fraction of sp³-hybridized carbons (Fsp3) is 0.162. The van der Waals surface area contributed by atoms with Crippen molar-refractivity contribution < 1.29 is 23.5 Å². The number of halogens is 1. The highest BCUT2D eigenvalue weighted by atomic mass is 19.1. The second-order valence-corrected chi connectivity index (χ2v) is 11.2. The number of carbonyl (C=O) groups excluding carboxylic acids is 2. The Bertz CT molecular complexity index is 1900. The van der Waals surface area contributed by atoms with Crippen LogP contribution in [0.25, 0.3) is 0 Å². The number of hydrogen-bond acceptors (Lipinski definition) is 5. The third kappa shape index (κ3) is 5.51. The van der Waals surface area contributed by atoms with E-state index in [0.29, 0.717) is 41.4 Å². The standard InChI is InChI=1S/C37H30FN3O4/c1-24-34-28(13-8-14-31(34)38)20-40(24)36(42)27-15-16-30-29(19-27)21-41(37(30)43)32-17-18-33(44-22-25-9-4-2-5-10-25)39-35(32)45-23-26-11-6-3-7-12-26/h2-19,24H,20-23H2,1H3. The molecule has 2 amide bonds. The maximum absolute atomic E-state index is 14.5. The van der Waals surface area contributed by atoms with Gasteiger partial charge in [-0.25, -0.2) is 4.39 Å². The SMILES string of the molecule is CC1c2c(F)cccc2CN1C(=O)c1ccc2c(c1)CN(c1ccc(OCc3ccccc3)nc1OCc1ccccc1)C2=O. The number of carbonyl (C=O) groups is 2. The number of aromatic nitrogens is 1. The van der Waals surface area contributed by atoms with Crippen LogP contribution in [0, 0.1) is 5.82 Å². The molecule has 0 spiro atoms. The molecule has 3 heterocycles. The lowest BCUT2D eigenvalue weighted by molar-refractivity contribution is 0.0703. The minimum Gasteiger partial charge on any atom is -0.473 e. The van der Waals surface area contributed by atoms with Crippen molar-refractivity contribution in [3.05, 3.63) is 154 Å². The minimum atomic E-state index is -0.391. The number of amides is 2. The molecule has 0 aliphatic carbocycles. The molecule has 2 aliphatic heterocycles. The lowest BCUT2D eigenvalue weighted by atomic mass is 10.0. The number of anilines is 1. The van der Waals surface area contributed by atoms with E-state index in [-0.39, 0.29) is 36.7 Å². The number of benzene rings is 4. The smallest absolute Gasteiger partial charge is 0.259 e. The molecule has 0 saturated heterocycles. The molecule has 0 radical (unpaired) electrons. The summed E-state index contributed by atoms with van der Waals surface area (Å²) < 4.78 is 26.7. The average molecular weight is 600 g/mol. The van der Waals surface area contributed by atoms with Crippen LogP contribution in [-0.2, 0) is 26.3 Å². The van der Waals surface area contributed by atoms with Gasteiger partial charge in [0.25, 0.3) is 11.8 Å². The van der Waals surface area contributed by atoms with Gasteiger partial charge in [0.2, 0.25) is 11.8 Å². The lowest BCUT2D eigenvalue weighted by Crippen LogP contribution is -2.28. The van der Waals surface area contributed by atoms with E-state index in [1.807, 2.05) is 73.7 Å². The molecule has 1 aromatic heterocycles. The number of pyridine rings is 1. The van der Waals surface area contributed by atoms with Crippen molar-refractivity contribution in [2.75, 3.05) is 4.90 Å². The van der Waals surface area contributed by atoms with Crippen molar-refractivity contribution in [2.45, 2.75) is 39.3 Å². The van der Waals surface area contributed by atoms with Crippen LogP contribution in [-0.4, -0.2) is 21.7 Å². The van der Waals surface area contributed by atoms with Gasteiger partial charge in [-0.15, -0.1) is 0 Å². The molecular weight excluding hydrogens is 569 g/mol. The molecule has 2 aliphatic rings. The molecule has 7 nitrogen and oxygen atoms in total. The van der Waals surface area contributed by atoms with Crippen LogP contribution in [0.15, 0.2) is 109 Å². The van der Waals surface area contributed by atoms with E-state index >= 15 is 0 Å². The summed E-state index contributed by atoms with van der Waals surface area (Å²) in [5.41, 5.74) is 5.51. The number of rotatable bonds is 8. The Kier molecular flexibility index (Phi) is 7.47. The van der Waals surface area contributed by atoms with Gasteiger partial charge in [-0.1, -0.05) is 72.8 Å². The minimum absolute atomic E-state index is 0.208. The van der Waals surface area contributed by atoms with Crippen LogP contribution in [0.4, 0.5) is 10.1 Å². The van der Waals surface area contributed by atoms with Crippen molar-refractivity contribution in [3.8, 4) is 11.8 Å². The molecule has 8 heteroatoms. The van der Waals surface area contributed by atoms with Gasteiger partial charge in [-0.3, -0.25) is 14.5 Å². The largest absolute Gasteiger partial charge is 0.473 e. The first-order chi connectivity index (χ1) is 22.0. The zero-order chi connectivity index (χ0) is 30.9. The van der Waals surface area contributed by atoms with E-state index in [0.717, 1.165) is 22.3 Å². The molecule has 1 atom stereocenters. The van der Waals surface area contributed by atoms with Crippen LogP contribution >= 0.6 is 0 Å². The predicted octanol–water partition coefficient (Wildman–Crippen LogP) is 7.26. The van der Waals surface area contributed by atoms with Crippen molar-refractivity contribution in [1.82, 2.24) is 9.88 Å². The molecule has 0 saturated carbocycles. The van der Waals surface area contributed by atoms with Gasteiger partial charge in [0, 0.05) is 29.3 Å². The highest BCUT2D eigenvalue weighted by Crippen LogP contribution is 2.38. The molecule has 0 N–H and O–H groups in total. The van der Waals surface area contributed by atoms with Gasteiger partial charge in [0.1, 0.15) is 24.7 Å². The topological polar surface area (TPSA) is 72.0 Å². The maximum Gasteiger partial charge on any atom is 0.259 e. The summed E-state index contributed by atoms with van der Waals surface area (Å²) in [5, 5.41) is 0. The Morgan fingerprint density at radius 1 is 0.822 bits per heavy atom. The van der Waals surface area contributed by atoms with Gasteiger partial charge < -0.3 is 14.4 Å². The molecule has 4 aromatic carbocycles. The molecule has 224 valence electrons. The number of hydrogen-bond donors (Lipinski definition) is 0. The van der Waals surface area contributed by atoms with Crippen LogP contribution in [0.1, 0.15) is 61.5 Å². The van der Waals surface area contributed by atoms with Crippen LogP contribution in [0.2, 0.25) is 0 Å². The van der Waals surface area contributed by atoms with Crippen molar-refractivity contribution in [2.24, 2.45) is 0 Å². The second-order valence-electron chi connectivity index (χ2n) is 11.2. The van der Waals surface area contributed by atoms with Crippen LogP contribution < -0.4 is 14.4 Å². The van der Waals surface area contributed by atoms with E-state index in [4.69, 9.17) is 9.47 Å². The highest BCUT2D eigenvalue weighted by molar-refractivity contribution is 6.11. The average Bonchev–Trinajstić information content (AvgIpc) is 3.59. The van der Waals surface area contributed by atoms with Gasteiger partial charge in [-0.2, -0.15) is 4.98 Å². The Hall–Kier alpha value is -5.50. The first-order valence-corrected chi connectivity index (χ1v) is 14.8. The van der Waals surface area contributed by atoms with Crippen molar-refractivity contribution in [1.29, 1.82) is 0 Å². The normalized spacial score (nSPS) is 15.2. The van der Waals surface area contributed by atoms with E-state index in [2.05, 4.69) is 4.98 Å². The summed E-state index contributed by atoms with van der Waals surface area (Å²) in [6, 6.07) is 32.7. The van der Waals surface area contributed by atoms with Gasteiger partial charge >= 0.3 is 0 Å². The molecule has 45 heavy (non-hydrogen) atoms. The summed E-state index contributed by atoms with van der Waals surface area (Å²) in [5.74, 6) is -0.0779. The second kappa shape index (κ2) is 11.9. The van der Waals surface area contributed by atoms with E-state index in [1.165, 1.54) is 6.07 Å². The monoisotopic (exact) mass is 599 g/mol. The van der Waals surface area contributed by atoms with E-state index in [1.54, 1.807) is 46.2 Å². The lowest BCUT2D eigenvalue weighted by Gasteiger charge is -2.22. The summed E-state index contributed by atoms with van der Waals surface area (Å²) in [4.78, 5) is 35.2. The fourth-order valence-corrected chi connectivity index (χ4v) is 5.99. The summed E-state index contributed by atoms with van der Waals surface area (Å²) >= 11 is 0. The summed E-state index contributed by atoms with van der Waals surface area (Å²) in [6.07, 6.45) is 0. The third-order valence-corrected chi connectivity index (χ3v) is 8.34. The molecule has 0 fully saturated rings. The van der Waals surface area contributed by atoms with Crippen LogP contribution in [0.3, 0.4) is 0 Å². The Balaban J connectivity index is 1.14. The molecule has 7 rings (SSSR count). The van der Waals surface area contributed by atoms with Gasteiger partial charge in [-0.05, 0) is 59.5 Å². The highest BCUT2D eigenvalue weighted by Gasteiger charge is 2.35. The third-order valence-electron chi connectivity index (χ3n) is 8.34. The fourth-order valence-electron chi connectivity index (χ4n) is 5.99. The molecule has 1 unspecified atom stereocenters. The molecular formula is C37H30FN3O4. The van der Waals surface area contributed by atoms with Gasteiger partial charge in [0.15, 0.2) is 0 Å². The zero-order valence-corrected chi connectivity index (χ0v) is 24.7. The molecule has 5 aromatic rings. The number of nitrogens with zero attached hydrogens (tertiary/aromatic N) is 3. The number of ether oxygens (including phenoxy) is 2. The van der Waals surface area contributed by atoms with E-state index < -0.39 is 6.04 Å². The molecule has 0 bridgehead atoms. The zero-order valence-electron chi connectivity index (χ0n) is 24.7. The van der Waals surface area contributed by atoms with Crippen molar-refractivity contribution in [3.63, 3.8) is 0 Å². The summed E-state index contributed by atoms with van der Waals surface area (Å²) in [6.45, 7) is 3.01. The van der Waals surface area contributed by atoms with Crippen LogP contribution in [0.5, 0.6) is 11.8 Å². The number of fused-ring (bicyclic) bond motifs is 2. The first kappa shape index (κ1) is 28.3. The first-order valence-electron chi connectivity index (χ1n) is 14.8. The Morgan fingerprint density at radius 2 is 1.53 bits per heavy atom. The quantitative estimate of drug-likeness (QED) is 0.188. The predicted molar refractivity (Wildman–Crippen MR) is 167 cm³/mol. The Labute approximate surface area is 260 Å². The maximum atomic E-state index is 14.5. The van der Waals surface area contributed by atoms with Gasteiger partial charge in [0.05, 0.1) is 12.6 Å².